The summed E-state index contributed by atoms with van der Waals surface area (Å²) in [5, 5.41) is 9.35. The lowest BCUT2D eigenvalue weighted by molar-refractivity contribution is -0.120. The number of carbonyl (C=O) groups excluding carboxylic acids is 1. The summed E-state index contributed by atoms with van der Waals surface area (Å²) in [4.78, 5) is 15.2. The maximum absolute atomic E-state index is 11.2. The van der Waals surface area contributed by atoms with Gasteiger partial charge >= 0.3 is 0 Å². The molecule has 1 aromatic rings. The van der Waals surface area contributed by atoms with Crippen LogP contribution in [-0.2, 0) is 11.3 Å². The molecule has 2 N–H and O–H groups in total. The highest BCUT2D eigenvalue weighted by molar-refractivity contribution is 5.77. The molecule has 0 aliphatic heterocycles. The molecule has 0 spiro atoms. The number of amides is 1. The molecule has 1 amide bonds. The van der Waals surface area contributed by atoms with Crippen molar-refractivity contribution in [3.63, 3.8) is 0 Å². The van der Waals surface area contributed by atoms with E-state index >= 15 is 0 Å². The standard InChI is InChI=1S/C9H16N4O2/c1-3-4-10-6-9(14)11-5-8-12-7(2)15-13-8/h10H,3-6H2,1-2H3,(H,11,14). The molecular weight excluding hydrogens is 196 g/mol. The van der Waals surface area contributed by atoms with Crippen LogP contribution in [0.3, 0.4) is 0 Å². The Hall–Kier alpha value is -1.43. The van der Waals surface area contributed by atoms with E-state index < -0.39 is 0 Å². The number of aromatic nitrogens is 2. The Morgan fingerprint density at radius 3 is 2.93 bits per heavy atom. The summed E-state index contributed by atoms with van der Waals surface area (Å²) in [6.45, 7) is 5.23. The van der Waals surface area contributed by atoms with E-state index in [0.29, 0.717) is 24.8 Å². The van der Waals surface area contributed by atoms with Gasteiger partial charge in [-0.05, 0) is 13.0 Å². The van der Waals surface area contributed by atoms with Crippen LogP contribution in [0.4, 0.5) is 0 Å². The van der Waals surface area contributed by atoms with Crippen molar-refractivity contribution in [3.8, 4) is 0 Å². The van der Waals surface area contributed by atoms with Crippen LogP contribution in [0.15, 0.2) is 4.52 Å². The van der Waals surface area contributed by atoms with Crippen molar-refractivity contribution in [3.05, 3.63) is 11.7 Å². The Labute approximate surface area is 88.4 Å². The minimum Gasteiger partial charge on any atom is -0.348 e. The highest BCUT2D eigenvalue weighted by atomic mass is 16.5. The van der Waals surface area contributed by atoms with Crippen LogP contribution in [0.25, 0.3) is 0 Å². The molecule has 84 valence electrons. The first-order chi connectivity index (χ1) is 7.22. The zero-order chi connectivity index (χ0) is 11.1. The molecule has 0 bridgehead atoms. The van der Waals surface area contributed by atoms with Crippen LogP contribution in [-0.4, -0.2) is 29.1 Å². The molecule has 15 heavy (non-hydrogen) atoms. The van der Waals surface area contributed by atoms with E-state index in [1.807, 2.05) is 6.92 Å². The lowest BCUT2D eigenvalue weighted by atomic mass is 10.4. The SMILES string of the molecule is CCCNCC(=O)NCc1noc(C)n1. The van der Waals surface area contributed by atoms with Crippen molar-refractivity contribution < 1.29 is 9.32 Å². The molecule has 6 heteroatoms. The smallest absolute Gasteiger partial charge is 0.234 e. The third-order valence-corrected chi connectivity index (χ3v) is 1.73. The molecule has 1 heterocycles. The third-order valence-electron chi connectivity index (χ3n) is 1.73. The van der Waals surface area contributed by atoms with Crippen LogP contribution >= 0.6 is 0 Å². The highest BCUT2D eigenvalue weighted by Crippen LogP contribution is 1.93. The van der Waals surface area contributed by atoms with E-state index in [1.54, 1.807) is 6.92 Å². The normalized spacial score (nSPS) is 10.3. The van der Waals surface area contributed by atoms with E-state index in [2.05, 4.69) is 20.8 Å². The predicted molar refractivity (Wildman–Crippen MR) is 54.0 cm³/mol. The van der Waals surface area contributed by atoms with Gasteiger partial charge in [0.1, 0.15) is 0 Å². The zero-order valence-electron chi connectivity index (χ0n) is 9.04. The summed E-state index contributed by atoms with van der Waals surface area (Å²) >= 11 is 0. The lowest BCUT2D eigenvalue weighted by Crippen LogP contribution is -2.34. The monoisotopic (exact) mass is 212 g/mol. The number of nitrogens with one attached hydrogen (secondary N) is 2. The molecule has 0 unspecified atom stereocenters. The first-order valence-electron chi connectivity index (χ1n) is 4.99. The second-order valence-electron chi connectivity index (χ2n) is 3.18. The first-order valence-corrected chi connectivity index (χ1v) is 4.99. The summed E-state index contributed by atoms with van der Waals surface area (Å²) in [6, 6.07) is 0. The van der Waals surface area contributed by atoms with E-state index in [-0.39, 0.29) is 5.91 Å². The van der Waals surface area contributed by atoms with Crippen LogP contribution in [0.5, 0.6) is 0 Å². The number of hydrogen-bond acceptors (Lipinski definition) is 5. The average molecular weight is 212 g/mol. The molecule has 0 radical (unpaired) electrons. The van der Waals surface area contributed by atoms with Crippen LogP contribution in [0, 0.1) is 6.92 Å². The van der Waals surface area contributed by atoms with Gasteiger partial charge in [-0.1, -0.05) is 12.1 Å². The van der Waals surface area contributed by atoms with Gasteiger partial charge in [-0.2, -0.15) is 4.98 Å². The molecule has 0 fully saturated rings. The molecule has 0 atom stereocenters. The van der Waals surface area contributed by atoms with Gasteiger partial charge in [0, 0.05) is 6.92 Å². The minimum absolute atomic E-state index is 0.0640. The average Bonchev–Trinajstić information content (AvgIpc) is 2.62. The Balaban J connectivity index is 2.16. The third kappa shape index (κ3) is 4.55. The van der Waals surface area contributed by atoms with Crippen molar-refractivity contribution in [2.24, 2.45) is 0 Å². The summed E-state index contributed by atoms with van der Waals surface area (Å²) in [5.41, 5.74) is 0. The van der Waals surface area contributed by atoms with E-state index in [1.165, 1.54) is 0 Å². The minimum atomic E-state index is -0.0640. The van der Waals surface area contributed by atoms with Crippen LogP contribution in [0.2, 0.25) is 0 Å². The number of aryl methyl sites for hydroxylation is 1. The molecule has 0 aliphatic carbocycles. The maximum atomic E-state index is 11.2. The Kier molecular flexibility index (Phi) is 4.76. The van der Waals surface area contributed by atoms with E-state index in [0.717, 1.165) is 13.0 Å². The number of nitrogens with zero attached hydrogens (tertiary/aromatic N) is 2. The lowest BCUT2D eigenvalue weighted by Gasteiger charge is -2.02. The van der Waals surface area contributed by atoms with E-state index in [9.17, 15) is 4.79 Å². The summed E-state index contributed by atoms with van der Waals surface area (Å²) in [5.74, 6) is 0.936. The molecule has 1 rings (SSSR count). The van der Waals surface area contributed by atoms with Gasteiger partial charge in [-0.25, -0.2) is 0 Å². The van der Waals surface area contributed by atoms with Gasteiger partial charge in [0.05, 0.1) is 13.1 Å². The van der Waals surface area contributed by atoms with Crippen molar-refractivity contribution in [1.29, 1.82) is 0 Å². The fraction of sp³-hybridized carbons (Fsp3) is 0.667. The molecule has 1 aromatic heterocycles. The summed E-state index contributed by atoms with van der Waals surface area (Å²) in [7, 11) is 0. The van der Waals surface area contributed by atoms with Gasteiger partial charge in [-0.15, -0.1) is 0 Å². The number of carbonyl (C=O) groups is 1. The second-order valence-corrected chi connectivity index (χ2v) is 3.18. The highest BCUT2D eigenvalue weighted by Gasteiger charge is 2.04. The first kappa shape index (κ1) is 11.6. The van der Waals surface area contributed by atoms with Crippen molar-refractivity contribution in [1.82, 2.24) is 20.8 Å². The molecular formula is C9H16N4O2. The van der Waals surface area contributed by atoms with Gasteiger partial charge < -0.3 is 15.2 Å². The van der Waals surface area contributed by atoms with Gasteiger partial charge in [0.15, 0.2) is 5.82 Å². The molecule has 6 nitrogen and oxygen atoms in total. The van der Waals surface area contributed by atoms with Crippen LogP contribution in [0.1, 0.15) is 25.1 Å². The maximum Gasteiger partial charge on any atom is 0.234 e. The molecule has 0 aliphatic rings. The molecule has 0 saturated carbocycles. The number of hydrogen-bond donors (Lipinski definition) is 2. The van der Waals surface area contributed by atoms with Crippen LogP contribution < -0.4 is 10.6 Å². The number of rotatable bonds is 6. The fourth-order valence-corrected chi connectivity index (χ4v) is 1.03. The zero-order valence-corrected chi connectivity index (χ0v) is 9.04. The van der Waals surface area contributed by atoms with Gasteiger partial charge in [0.2, 0.25) is 11.8 Å². The summed E-state index contributed by atoms with van der Waals surface area (Å²) < 4.78 is 4.77. The Morgan fingerprint density at radius 2 is 2.33 bits per heavy atom. The van der Waals surface area contributed by atoms with Gasteiger partial charge in [0.25, 0.3) is 0 Å². The second kappa shape index (κ2) is 6.13. The molecule has 0 aromatic carbocycles. The largest absolute Gasteiger partial charge is 0.348 e. The van der Waals surface area contributed by atoms with Crippen molar-refractivity contribution in [2.75, 3.05) is 13.1 Å². The quantitative estimate of drug-likeness (QED) is 0.648. The van der Waals surface area contributed by atoms with E-state index in [4.69, 9.17) is 4.52 Å². The predicted octanol–water partition coefficient (Wildman–Crippen LogP) is -0.00618. The van der Waals surface area contributed by atoms with Gasteiger partial charge in [-0.3, -0.25) is 4.79 Å². The topological polar surface area (TPSA) is 80.0 Å². The molecule has 0 saturated heterocycles. The fourth-order valence-electron chi connectivity index (χ4n) is 1.03. The Bertz CT molecular complexity index is 311. The Morgan fingerprint density at radius 1 is 1.53 bits per heavy atom. The van der Waals surface area contributed by atoms with Crippen molar-refractivity contribution in [2.45, 2.75) is 26.8 Å². The summed E-state index contributed by atoms with van der Waals surface area (Å²) in [6.07, 6.45) is 1.01. The van der Waals surface area contributed by atoms with Crippen molar-refractivity contribution >= 4 is 5.91 Å².